The highest BCUT2D eigenvalue weighted by molar-refractivity contribution is 7.98. The first-order valence-corrected chi connectivity index (χ1v) is 10.4. The predicted octanol–water partition coefficient (Wildman–Crippen LogP) is 4.21. The Morgan fingerprint density at radius 1 is 1.16 bits per heavy atom. The van der Waals surface area contributed by atoms with Crippen molar-refractivity contribution in [1.29, 1.82) is 0 Å². The molecule has 0 aliphatic rings. The van der Waals surface area contributed by atoms with Crippen LogP contribution in [0.1, 0.15) is 21.5 Å². The molecule has 0 fully saturated rings. The largest absolute Gasteiger partial charge is 0.332 e. The molecule has 0 atom stereocenters. The number of hydrogen-bond donors (Lipinski definition) is 1. The van der Waals surface area contributed by atoms with Crippen molar-refractivity contribution in [3.8, 4) is 12.3 Å². The van der Waals surface area contributed by atoms with E-state index in [9.17, 15) is 14.0 Å². The number of likely N-dealkylation sites (N-methyl/N-ethyl adjacent to an activating group) is 1. The van der Waals surface area contributed by atoms with E-state index in [0.29, 0.717) is 27.6 Å². The van der Waals surface area contributed by atoms with Gasteiger partial charge >= 0.3 is 0 Å². The van der Waals surface area contributed by atoms with E-state index >= 15 is 0 Å². The van der Waals surface area contributed by atoms with Crippen LogP contribution >= 0.6 is 11.8 Å². The van der Waals surface area contributed by atoms with E-state index in [4.69, 9.17) is 6.42 Å². The molecular formula is C24H20FN3O2S. The van der Waals surface area contributed by atoms with E-state index in [0.717, 1.165) is 5.56 Å². The van der Waals surface area contributed by atoms with Crippen molar-refractivity contribution in [2.45, 2.75) is 10.8 Å². The highest BCUT2D eigenvalue weighted by atomic mass is 32.2. The highest BCUT2D eigenvalue weighted by Gasteiger charge is 2.19. The number of terminal acetylenes is 1. The zero-order chi connectivity index (χ0) is 22.2. The van der Waals surface area contributed by atoms with Crippen LogP contribution in [-0.2, 0) is 10.5 Å². The van der Waals surface area contributed by atoms with Crippen LogP contribution in [-0.4, -0.2) is 35.3 Å². The Hall–Kier alpha value is -3.63. The fourth-order valence-electron chi connectivity index (χ4n) is 2.78. The fourth-order valence-corrected chi connectivity index (χ4v) is 3.72. The molecule has 7 heteroatoms. The Kier molecular flexibility index (Phi) is 7.41. The minimum atomic E-state index is -0.338. The van der Waals surface area contributed by atoms with Gasteiger partial charge in [-0.2, -0.15) is 0 Å². The molecule has 31 heavy (non-hydrogen) atoms. The van der Waals surface area contributed by atoms with Gasteiger partial charge in [-0.1, -0.05) is 24.1 Å². The summed E-state index contributed by atoms with van der Waals surface area (Å²) in [6.45, 7) is -0.129. The summed E-state index contributed by atoms with van der Waals surface area (Å²) in [4.78, 5) is 30.9. The molecule has 1 heterocycles. The molecule has 0 spiro atoms. The van der Waals surface area contributed by atoms with Gasteiger partial charge in [0.25, 0.3) is 5.91 Å². The van der Waals surface area contributed by atoms with Gasteiger partial charge in [-0.25, -0.2) is 9.37 Å². The lowest BCUT2D eigenvalue weighted by molar-refractivity contribution is -0.116. The molecule has 0 bridgehead atoms. The van der Waals surface area contributed by atoms with Gasteiger partial charge in [0.05, 0.1) is 12.1 Å². The molecule has 0 radical (unpaired) electrons. The summed E-state index contributed by atoms with van der Waals surface area (Å²) in [5.41, 5.74) is 2.54. The van der Waals surface area contributed by atoms with Crippen molar-refractivity contribution >= 4 is 29.3 Å². The van der Waals surface area contributed by atoms with Gasteiger partial charge in [0, 0.05) is 30.2 Å². The lowest BCUT2D eigenvalue weighted by Gasteiger charge is -2.18. The number of halogens is 1. The standard InChI is InChI=1S/C24H20FN3O2S/c1-3-17-6-4-7-20(14-17)27-22(29)15-28(2)24(30)21-8-5-13-26-23(21)31-16-18-9-11-19(25)12-10-18/h1,4-14H,15-16H2,2H3,(H,27,29). The first kappa shape index (κ1) is 22.1. The van der Waals surface area contributed by atoms with E-state index in [-0.39, 0.29) is 24.2 Å². The third-order valence-corrected chi connectivity index (χ3v) is 5.41. The quantitative estimate of drug-likeness (QED) is 0.448. The Bertz CT molecular complexity index is 1130. The zero-order valence-electron chi connectivity index (χ0n) is 16.8. The monoisotopic (exact) mass is 433 g/mol. The van der Waals surface area contributed by atoms with Crippen molar-refractivity contribution in [2.24, 2.45) is 0 Å². The minimum absolute atomic E-state index is 0.129. The Morgan fingerprint density at radius 2 is 1.94 bits per heavy atom. The maximum Gasteiger partial charge on any atom is 0.256 e. The second-order valence-electron chi connectivity index (χ2n) is 6.71. The van der Waals surface area contributed by atoms with Crippen LogP contribution in [0.15, 0.2) is 71.9 Å². The average molecular weight is 434 g/mol. The smallest absolute Gasteiger partial charge is 0.256 e. The topological polar surface area (TPSA) is 62.3 Å². The van der Waals surface area contributed by atoms with Crippen molar-refractivity contribution in [2.75, 3.05) is 18.9 Å². The van der Waals surface area contributed by atoms with Crippen LogP contribution in [0, 0.1) is 18.2 Å². The summed E-state index contributed by atoms with van der Waals surface area (Å²) in [5, 5.41) is 3.29. The molecule has 2 aromatic carbocycles. The lowest BCUT2D eigenvalue weighted by Crippen LogP contribution is -2.35. The number of hydrogen-bond acceptors (Lipinski definition) is 4. The molecule has 0 aliphatic heterocycles. The number of amides is 2. The number of carbonyl (C=O) groups is 2. The normalized spacial score (nSPS) is 10.2. The van der Waals surface area contributed by atoms with Gasteiger partial charge in [0.2, 0.25) is 5.91 Å². The Labute approximate surface area is 184 Å². The number of pyridine rings is 1. The molecule has 3 aromatic rings. The van der Waals surface area contributed by atoms with Crippen LogP contribution in [0.2, 0.25) is 0 Å². The van der Waals surface area contributed by atoms with Gasteiger partial charge in [0.15, 0.2) is 0 Å². The van der Waals surface area contributed by atoms with Crippen molar-refractivity contribution < 1.29 is 14.0 Å². The third-order valence-electron chi connectivity index (χ3n) is 4.33. The van der Waals surface area contributed by atoms with Gasteiger partial charge in [-0.3, -0.25) is 9.59 Å². The predicted molar refractivity (Wildman–Crippen MR) is 120 cm³/mol. The van der Waals surface area contributed by atoms with E-state index in [2.05, 4.69) is 16.2 Å². The SMILES string of the molecule is C#Cc1cccc(NC(=O)CN(C)C(=O)c2cccnc2SCc2ccc(F)cc2)c1. The second-order valence-corrected chi connectivity index (χ2v) is 7.67. The highest BCUT2D eigenvalue weighted by Crippen LogP contribution is 2.25. The van der Waals surface area contributed by atoms with Crippen LogP contribution < -0.4 is 5.32 Å². The molecule has 0 saturated carbocycles. The van der Waals surface area contributed by atoms with E-state index in [1.54, 1.807) is 61.8 Å². The fraction of sp³-hybridized carbons (Fsp3) is 0.125. The van der Waals surface area contributed by atoms with Crippen molar-refractivity contribution in [3.05, 3.63) is 89.4 Å². The van der Waals surface area contributed by atoms with Crippen molar-refractivity contribution in [3.63, 3.8) is 0 Å². The number of anilines is 1. The van der Waals surface area contributed by atoms with Gasteiger partial charge in [0.1, 0.15) is 10.8 Å². The van der Waals surface area contributed by atoms with Gasteiger partial charge in [-0.05, 0) is 48.0 Å². The summed E-state index contributed by atoms with van der Waals surface area (Å²) in [6.07, 6.45) is 6.98. The van der Waals surface area contributed by atoms with E-state index in [1.165, 1.54) is 28.8 Å². The van der Waals surface area contributed by atoms with Gasteiger partial charge in [-0.15, -0.1) is 18.2 Å². The molecule has 0 aliphatic carbocycles. The first-order chi connectivity index (χ1) is 15.0. The average Bonchev–Trinajstić information content (AvgIpc) is 2.78. The van der Waals surface area contributed by atoms with Crippen LogP contribution in [0.3, 0.4) is 0 Å². The minimum Gasteiger partial charge on any atom is -0.332 e. The number of benzene rings is 2. The molecule has 0 unspecified atom stereocenters. The Morgan fingerprint density at radius 3 is 2.68 bits per heavy atom. The number of aromatic nitrogens is 1. The number of nitrogens with zero attached hydrogens (tertiary/aromatic N) is 2. The molecule has 1 aromatic heterocycles. The summed E-state index contributed by atoms with van der Waals surface area (Å²) >= 11 is 1.38. The molecule has 0 saturated heterocycles. The maximum atomic E-state index is 13.1. The number of carbonyl (C=O) groups excluding carboxylic acids is 2. The maximum absolute atomic E-state index is 13.1. The van der Waals surface area contributed by atoms with Crippen LogP contribution in [0.25, 0.3) is 0 Å². The molecule has 156 valence electrons. The van der Waals surface area contributed by atoms with E-state index < -0.39 is 0 Å². The molecular weight excluding hydrogens is 413 g/mol. The molecule has 1 N–H and O–H groups in total. The zero-order valence-corrected chi connectivity index (χ0v) is 17.7. The summed E-state index contributed by atoms with van der Waals surface area (Å²) in [5.74, 6) is 2.09. The Balaban J connectivity index is 1.64. The first-order valence-electron chi connectivity index (χ1n) is 9.40. The summed E-state index contributed by atoms with van der Waals surface area (Å²) in [7, 11) is 1.56. The summed E-state index contributed by atoms with van der Waals surface area (Å²) in [6, 6.07) is 16.5. The molecule has 3 rings (SSSR count). The summed E-state index contributed by atoms with van der Waals surface area (Å²) < 4.78 is 13.1. The third kappa shape index (κ3) is 6.17. The number of thioether (sulfide) groups is 1. The van der Waals surface area contributed by atoms with Crippen molar-refractivity contribution in [1.82, 2.24) is 9.88 Å². The van der Waals surface area contributed by atoms with Crippen LogP contribution in [0.5, 0.6) is 0 Å². The lowest BCUT2D eigenvalue weighted by atomic mass is 10.2. The molecule has 2 amide bonds. The van der Waals surface area contributed by atoms with E-state index in [1.807, 2.05) is 0 Å². The number of rotatable bonds is 7. The number of nitrogens with one attached hydrogen (secondary N) is 1. The molecule has 5 nitrogen and oxygen atoms in total. The van der Waals surface area contributed by atoms with Gasteiger partial charge < -0.3 is 10.2 Å². The van der Waals surface area contributed by atoms with Crippen LogP contribution in [0.4, 0.5) is 10.1 Å². The second kappa shape index (κ2) is 10.4.